The number of piperidine rings is 1. The molecule has 1 fully saturated rings. The van der Waals surface area contributed by atoms with E-state index in [0.29, 0.717) is 11.8 Å². The van der Waals surface area contributed by atoms with E-state index < -0.39 is 6.04 Å². The van der Waals surface area contributed by atoms with Gasteiger partial charge < -0.3 is 9.67 Å². The highest BCUT2D eigenvalue weighted by Gasteiger charge is 2.29. The van der Waals surface area contributed by atoms with E-state index in [4.69, 9.17) is 0 Å². The summed E-state index contributed by atoms with van der Waals surface area (Å²) in [4.78, 5) is 23.0. The smallest absolute Gasteiger partial charge is 0.249 e. The monoisotopic (exact) mass is 322 g/mol. The normalized spacial score (nSPS) is 19.7. The molecule has 1 aromatic heterocycles. The van der Waals surface area contributed by atoms with E-state index in [9.17, 15) is 14.7 Å². The maximum Gasteiger partial charge on any atom is 0.249 e. The molecule has 2 aromatic rings. The molecule has 2 amide bonds. The van der Waals surface area contributed by atoms with Crippen molar-refractivity contribution in [3.63, 3.8) is 0 Å². The number of halogens is 1. The topological polar surface area (TPSA) is 71.3 Å². The van der Waals surface area contributed by atoms with Crippen LogP contribution in [0, 0.1) is 0 Å². The standard InChI is InChI=1S/C13H11BrN2O3/c14-8-1-2-9-7(5-8)6-16(13(9)19)10-3-4-11(17)15-12(10)18/h1-2,5-6,10,19H,3-4H2,(H,15,17,18). The number of amides is 2. The van der Waals surface area contributed by atoms with Crippen molar-refractivity contribution in [1.82, 2.24) is 9.88 Å². The zero-order chi connectivity index (χ0) is 13.6. The molecule has 1 atom stereocenters. The Kier molecular flexibility index (Phi) is 2.82. The summed E-state index contributed by atoms with van der Waals surface area (Å²) in [5.74, 6) is -0.580. The predicted molar refractivity (Wildman–Crippen MR) is 72.7 cm³/mol. The summed E-state index contributed by atoms with van der Waals surface area (Å²) in [7, 11) is 0. The Balaban J connectivity index is 2.07. The third kappa shape index (κ3) is 2.02. The Morgan fingerprint density at radius 2 is 2.16 bits per heavy atom. The lowest BCUT2D eigenvalue weighted by Crippen LogP contribution is -2.41. The van der Waals surface area contributed by atoms with Gasteiger partial charge in [0.2, 0.25) is 11.8 Å². The van der Waals surface area contributed by atoms with Crippen LogP contribution < -0.4 is 5.32 Å². The van der Waals surface area contributed by atoms with Gasteiger partial charge in [0.25, 0.3) is 0 Å². The van der Waals surface area contributed by atoms with Crippen LogP contribution in [0.15, 0.2) is 28.9 Å². The third-order valence-electron chi connectivity index (χ3n) is 3.32. The van der Waals surface area contributed by atoms with Crippen LogP contribution in [0.5, 0.6) is 5.88 Å². The lowest BCUT2D eigenvalue weighted by molar-refractivity contribution is -0.135. The first-order chi connectivity index (χ1) is 9.06. The number of aromatic hydroxyl groups is 1. The number of nitrogens with zero attached hydrogens (tertiary/aromatic N) is 1. The Morgan fingerprint density at radius 1 is 1.37 bits per heavy atom. The number of fused-ring (bicyclic) bond motifs is 1. The van der Waals surface area contributed by atoms with E-state index in [1.807, 2.05) is 12.1 Å². The highest BCUT2D eigenvalue weighted by atomic mass is 79.9. The number of rotatable bonds is 1. The van der Waals surface area contributed by atoms with Crippen LogP contribution in [0.2, 0.25) is 0 Å². The van der Waals surface area contributed by atoms with E-state index in [2.05, 4.69) is 21.2 Å². The van der Waals surface area contributed by atoms with Crippen LogP contribution in [0.3, 0.4) is 0 Å². The fourth-order valence-corrected chi connectivity index (χ4v) is 2.76. The number of carbonyl (C=O) groups is 2. The number of carbonyl (C=O) groups excluding carboxylic acids is 2. The SMILES string of the molecule is O=C1CCC(n2cc3cc(Br)ccc3c2O)C(=O)N1. The van der Waals surface area contributed by atoms with Gasteiger partial charge in [-0.1, -0.05) is 15.9 Å². The number of imide groups is 1. The lowest BCUT2D eigenvalue weighted by Gasteiger charge is -2.22. The first-order valence-corrected chi connectivity index (χ1v) is 6.68. The van der Waals surface area contributed by atoms with Gasteiger partial charge in [0.1, 0.15) is 6.04 Å². The third-order valence-corrected chi connectivity index (χ3v) is 3.82. The molecule has 1 aliphatic heterocycles. The molecule has 1 aliphatic rings. The van der Waals surface area contributed by atoms with Gasteiger partial charge in [-0.15, -0.1) is 0 Å². The minimum Gasteiger partial charge on any atom is -0.494 e. The highest BCUT2D eigenvalue weighted by molar-refractivity contribution is 9.10. The van der Waals surface area contributed by atoms with Gasteiger partial charge >= 0.3 is 0 Å². The zero-order valence-corrected chi connectivity index (χ0v) is 11.5. The molecule has 6 heteroatoms. The van der Waals surface area contributed by atoms with Crippen molar-refractivity contribution < 1.29 is 14.7 Å². The fourth-order valence-electron chi connectivity index (χ4n) is 2.38. The van der Waals surface area contributed by atoms with Crippen LogP contribution in [0.1, 0.15) is 18.9 Å². The number of hydrogen-bond acceptors (Lipinski definition) is 3. The van der Waals surface area contributed by atoms with Gasteiger partial charge in [-0.25, -0.2) is 0 Å². The van der Waals surface area contributed by atoms with Crippen molar-refractivity contribution in [2.75, 3.05) is 0 Å². The largest absolute Gasteiger partial charge is 0.494 e. The average Bonchev–Trinajstić information content (AvgIpc) is 2.66. The summed E-state index contributed by atoms with van der Waals surface area (Å²) < 4.78 is 2.43. The minimum atomic E-state index is -0.538. The number of hydrogen-bond donors (Lipinski definition) is 2. The Labute approximate surface area is 117 Å². The molecular formula is C13H11BrN2O3. The van der Waals surface area contributed by atoms with E-state index in [1.54, 1.807) is 12.3 Å². The summed E-state index contributed by atoms with van der Waals surface area (Å²) in [6.45, 7) is 0. The molecule has 1 saturated heterocycles. The molecule has 19 heavy (non-hydrogen) atoms. The lowest BCUT2D eigenvalue weighted by atomic mass is 10.1. The molecule has 1 aromatic carbocycles. The number of aromatic nitrogens is 1. The Bertz CT molecular complexity index is 692. The minimum absolute atomic E-state index is 0.0528. The molecule has 0 bridgehead atoms. The molecular weight excluding hydrogens is 312 g/mol. The van der Waals surface area contributed by atoms with Gasteiger partial charge in [0.15, 0.2) is 5.88 Å². The predicted octanol–water partition coefficient (Wildman–Crippen LogP) is 2.09. The van der Waals surface area contributed by atoms with Gasteiger partial charge in [-0.3, -0.25) is 14.9 Å². The molecule has 2 N–H and O–H groups in total. The van der Waals surface area contributed by atoms with Crippen molar-refractivity contribution in [3.8, 4) is 5.88 Å². The summed E-state index contributed by atoms with van der Waals surface area (Å²) in [5.41, 5.74) is 0. The van der Waals surface area contributed by atoms with E-state index in [0.717, 1.165) is 9.86 Å². The summed E-state index contributed by atoms with van der Waals surface area (Å²) in [6, 6.07) is 4.95. The second-order valence-electron chi connectivity index (χ2n) is 4.56. The second kappa shape index (κ2) is 4.38. The van der Waals surface area contributed by atoms with Crippen molar-refractivity contribution in [2.45, 2.75) is 18.9 Å². The van der Waals surface area contributed by atoms with E-state index >= 15 is 0 Å². The second-order valence-corrected chi connectivity index (χ2v) is 5.47. The molecule has 0 saturated carbocycles. The van der Waals surface area contributed by atoms with Gasteiger partial charge in [0.05, 0.1) is 0 Å². The van der Waals surface area contributed by atoms with Crippen LogP contribution in [-0.4, -0.2) is 21.5 Å². The highest BCUT2D eigenvalue weighted by Crippen LogP contribution is 2.34. The van der Waals surface area contributed by atoms with Crippen LogP contribution in [0.4, 0.5) is 0 Å². The summed E-state index contributed by atoms with van der Waals surface area (Å²) in [6.07, 6.45) is 2.42. The van der Waals surface area contributed by atoms with E-state index in [1.165, 1.54) is 4.57 Å². The van der Waals surface area contributed by atoms with E-state index in [-0.39, 0.29) is 24.1 Å². The van der Waals surface area contributed by atoms with Gasteiger partial charge in [0, 0.05) is 27.9 Å². The van der Waals surface area contributed by atoms with Crippen molar-refractivity contribution in [1.29, 1.82) is 0 Å². The Hall–Kier alpha value is -1.82. The maximum atomic E-state index is 11.8. The van der Waals surface area contributed by atoms with Crippen LogP contribution in [-0.2, 0) is 9.59 Å². The molecule has 5 nitrogen and oxygen atoms in total. The van der Waals surface area contributed by atoms with Crippen molar-refractivity contribution in [2.24, 2.45) is 0 Å². The molecule has 0 radical (unpaired) electrons. The molecule has 1 unspecified atom stereocenters. The molecule has 2 heterocycles. The molecule has 0 spiro atoms. The van der Waals surface area contributed by atoms with Crippen molar-refractivity contribution >= 4 is 38.5 Å². The molecule has 98 valence electrons. The van der Waals surface area contributed by atoms with Crippen LogP contribution >= 0.6 is 15.9 Å². The maximum absolute atomic E-state index is 11.8. The summed E-state index contributed by atoms with van der Waals surface area (Å²) in [5, 5.41) is 14.0. The average molecular weight is 323 g/mol. The first kappa shape index (κ1) is 12.2. The van der Waals surface area contributed by atoms with Crippen molar-refractivity contribution in [3.05, 3.63) is 28.9 Å². The van der Waals surface area contributed by atoms with Crippen LogP contribution in [0.25, 0.3) is 10.8 Å². The summed E-state index contributed by atoms with van der Waals surface area (Å²) >= 11 is 3.37. The molecule has 3 rings (SSSR count). The fraction of sp³-hybridized carbons (Fsp3) is 0.231. The quantitative estimate of drug-likeness (QED) is 0.790. The zero-order valence-electron chi connectivity index (χ0n) is 9.89. The number of nitrogens with one attached hydrogen (secondary N) is 1. The number of benzene rings is 1. The molecule has 0 aliphatic carbocycles. The Morgan fingerprint density at radius 3 is 2.89 bits per heavy atom. The van der Waals surface area contributed by atoms with Gasteiger partial charge in [-0.05, 0) is 24.6 Å². The van der Waals surface area contributed by atoms with Gasteiger partial charge in [-0.2, -0.15) is 0 Å². The first-order valence-electron chi connectivity index (χ1n) is 5.89.